The Kier molecular flexibility index (Phi) is 6.56. The van der Waals surface area contributed by atoms with Crippen molar-refractivity contribution in [2.45, 2.75) is 27.2 Å². The summed E-state index contributed by atoms with van der Waals surface area (Å²) in [5.41, 5.74) is 5.60. The summed E-state index contributed by atoms with van der Waals surface area (Å²) >= 11 is 0. The molecule has 1 unspecified atom stereocenters. The molecular weight excluding hydrogens is 238 g/mol. The number of hydrogen-bond acceptors (Lipinski definition) is 5. The summed E-state index contributed by atoms with van der Waals surface area (Å²) in [6.07, 6.45) is 2.77. The maximum absolute atomic E-state index is 5.60. The zero-order valence-corrected chi connectivity index (χ0v) is 12.6. The Morgan fingerprint density at radius 3 is 2.68 bits per heavy atom. The number of hydrogen-bond donors (Lipinski definition) is 2. The van der Waals surface area contributed by atoms with Crippen LogP contribution in [0.3, 0.4) is 0 Å². The standard InChI is InChI=1S/C14H27N5/c1-11(2)5-6-19(4)14-7-13(17-10-18-14)16-9-12(3)8-15/h7,10-12H,5-6,8-9,15H2,1-4H3,(H,16,17,18). The molecular formula is C14H27N5. The lowest BCUT2D eigenvalue weighted by molar-refractivity contribution is 0.583. The second kappa shape index (κ2) is 7.94. The van der Waals surface area contributed by atoms with Gasteiger partial charge in [-0.25, -0.2) is 9.97 Å². The highest BCUT2D eigenvalue weighted by molar-refractivity contribution is 5.47. The topological polar surface area (TPSA) is 67.1 Å². The van der Waals surface area contributed by atoms with Crippen molar-refractivity contribution in [3.8, 4) is 0 Å². The first-order valence-corrected chi connectivity index (χ1v) is 7.00. The van der Waals surface area contributed by atoms with E-state index < -0.39 is 0 Å². The summed E-state index contributed by atoms with van der Waals surface area (Å²) < 4.78 is 0. The molecule has 0 amide bonds. The summed E-state index contributed by atoms with van der Waals surface area (Å²) in [6, 6.07) is 1.99. The van der Waals surface area contributed by atoms with Crippen molar-refractivity contribution in [3.63, 3.8) is 0 Å². The number of aromatic nitrogens is 2. The van der Waals surface area contributed by atoms with Crippen LogP contribution in [0.15, 0.2) is 12.4 Å². The number of nitrogens with zero attached hydrogens (tertiary/aromatic N) is 3. The van der Waals surface area contributed by atoms with E-state index in [2.05, 4.69) is 48.0 Å². The molecule has 5 nitrogen and oxygen atoms in total. The van der Waals surface area contributed by atoms with E-state index >= 15 is 0 Å². The monoisotopic (exact) mass is 265 g/mol. The Balaban J connectivity index is 2.55. The van der Waals surface area contributed by atoms with E-state index in [1.165, 1.54) is 0 Å². The Hall–Kier alpha value is -1.36. The third-order valence-corrected chi connectivity index (χ3v) is 3.12. The van der Waals surface area contributed by atoms with Gasteiger partial charge in [-0.2, -0.15) is 0 Å². The summed E-state index contributed by atoms with van der Waals surface area (Å²) in [5.74, 6) is 2.96. The molecule has 0 spiro atoms. The van der Waals surface area contributed by atoms with E-state index in [9.17, 15) is 0 Å². The van der Waals surface area contributed by atoms with Crippen LogP contribution in [0.5, 0.6) is 0 Å². The molecule has 0 radical (unpaired) electrons. The molecule has 1 heterocycles. The van der Waals surface area contributed by atoms with E-state index in [1.807, 2.05) is 6.07 Å². The van der Waals surface area contributed by atoms with Crippen molar-refractivity contribution >= 4 is 11.6 Å². The second-order valence-electron chi connectivity index (χ2n) is 5.59. The van der Waals surface area contributed by atoms with Gasteiger partial charge in [-0.1, -0.05) is 20.8 Å². The van der Waals surface area contributed by atoms with Crippen molar-refractivity contribution in [1.29, 1.82) is 0 Å². The van der Waals surface area contributed by atoms with Gasteiger partial charge in [0.2, 0.25) is 0 Å². The lowest BCUT2D eigenvalue weighted by atomic mass is 10.1. The van der Waals surface area contributed by atoms with Gasteiger partial charge in [0.05, 0.1) is 0 Å². The van der Waals surface area contributed by atoms with Gasteiger partial charge in [-0.15, -0.1) is 0 Å². The van der Waals surface area contributed by atoms with Crippen LogP contribution in [0.4, 0.5) is 11.6 Å². The minimum Gasteiger partial charge on any atom is -0.370 e. The first-order chi connectivity index (χ1) is 9.02. The molecule has 19 heavy (non-hydrogen) atoms. The molecule has 1 aromatic heterocycles. The van der Waals surface area contributed by atoms with Gasteiger partial charge in [0.15, 0.2) is 0 Å². The molecule has 3 N–H and O–H groups in total. The predicted octanol–water partition coefficient (Wildman–Crippen LogP) is 1.97. The summed E-state index contributed by atoms with van der Waals surface area (Å²) in [7, 11) is 2.07. The minimum atomic E-state index is 0.442. The van der Waals surface area contributed by atoms with E-state index in [0.717, 1.165) is 31.1 Å². The van der Waals surface area contributed by atoms with Crippen LogP contribution in [0, 0.1) is 11.8 Å². The largest absolute Gasteiger partial charge is 0.370 e. The second-order valence-corrected chi connectivity index (χ2v) is 5.59. The zero-order valence-electron chi connectivity index (χ0n) is 12.6. The maximum atomic E-state index is 5.60. The van der Waals surface area contributed by atoms with Crippen LogP contribution in [0.2, 0.25) is 0 Å². The maximum Gasteiger partial charge on any atom is 0.133 e. The van der Waals surface area contributed by atoms with E-state index in [0.29, 0.717) is 18.4 Å². The van der Waals surface area contributed by atoms with Crippen molar-refractivity contribution in [3.05, 3.63) is 12.4 Å². The molecule has 0 saturated heterocycles. The third kappa shape index (κ3) is 5.87. The van der Waals surface area contributed by atoms with Gasteiger partial charge >= 0.3 is 0 Å². The minimum absolute atomic E-state index is 0.442. The predicted molar refractivity (Wildman–Crippen MR) is 81.5 cm³/mol. The Morgan fingerprint density at radius 1 is 1.32 bits per heavy atom. The molecule has 108 valence electrons. The van der Waals surface area contributed by atoms with Crippen molar-refractivity contribution in [2.24, 2.45) is 17.6 Å². The molecule has 0 saturated carbocycles. The van der Waals surface area contributed by atoms with Crippen LogP contribution in [-0.2, 0) is 0 Å². The summed E-state index contributed by atoms with van der Waals surface area (Å²) in [5, 5.41) is 3.30. The van der Waals surface area contributed by atoms with Gasteiger partial charge < -0.3 is 16.0 Å². The average Bonchev–Trinajstić information content (AvgIpc) is 2.42. The molecule has 5 heteroatoms. The first kappa shape index (κ1) is 15.7. The molecule has 1 rings (SSSR count). The van der Waals surface area contributed by atoms with E-state index in [4.69, 9.17) is 5.73 Å². The smallest absolute Gasteiger partial charge is 0.133 e. The fourth-order valence-electron chi connectivity index (χ4n) is 1.58. The van der Waals surface area contributed by atoms with Gasteiger partial charge in [-0.3, -0.25) is 0 Å². The van der Waals surface area contributed by atoms with Gasteiger partial charge in [0.1, 0.15) is 18.0 Å². The van der Waals surface area contributed by atoms with Crippen molar-refractivity contribution in [1.82, 2.24) is 9.97 Å². The van der Waals surface area contributed by atoms with Crippen LogP contribution >= 0.6 is 0 Å². The Bertz CT molecular complexity index is 367. The SMILES string of the molecule is CC(C)CCN(C)c1cc(NCC(C)CN)ncn1. The third-order valence-electron chi connectivity index (χ3n) is 3.12. The molecule has 0 aliphatic carbocycles. The summed E-state index contributed by atoms with van der Waals surface area (Å²) in [6.45, 7) is 9.10. The fourth-order valence-corrected chi connectivity index (χ4v) is 1.58. The normalized spacial score (nSPS) is 12.5. The van der Waals surface area contributed by atoms with Crippen molar-refractivity contribution < 1.29 is 0 Å². The number of anilines is 2. The highest BCUT2D eigenvalue weighted by Crippen LogP contribution is 2.14. The average molecular weight is 265 g/mol. The van der Waals surface area contributed by atoms with Gasteiger partial charge in [0, 0.05) is 26.2 Å². The highest BCUT2D eigenvalue weighted by atomic mass is 15.2. The molecule has 0 aliphatic heterocycles. The lowest BCUT2D eigenvalue weighted by Crippen LogP contribution is -2.22. The van der Waals surface area contributed by atoms with Gasteiger partial charge in [-0.05, 0) is 24.8 Å². The summed E-state index contributed by atoms with van der Waals surface area (Å²) in [4.78, 5) is 10.7. The number of nitrogens with two attached hydrogens (primary N) is 1. The van der Waals surface area contributed by atoms with Crippen molar-refractivity contribution in [2.75, 3.05) is 36.9 Å². The number of nitrogens with one attached hydrogen (secondary N) is 1. The molecule has 1 aromatic rings. The van der Waals surface area contributed by atoms with Crippen LogP contribution < -0.4 is 16.0 Å². The molecule has 0 aromatic carbocycles. The number of rotatable bonds is 8. The Labute approximate surface area is 116 Å². The zero-order chi connectivity index (χ0) is 14.3. The van der Waals surface area contributed by atoms with Crippen LogP contribution in [0.25, 0.3) is 0 Å². The van der Waals surface area contributed by atoms with E-state index in [-0.39, 0.29) is 0 Å². The molecule has 0 aliphatic rings. The van der Waals surface area contributed by atoms with Gasteiger partial charge in [0.25, 0.3) is 0 Å². The quantitative estimate of drug-likeness (QED) is 0.752. The van der Waals surface area contributed by atoms with Crippen LogP contribution in [0.1, 0.15) is 27.2 Å². The fraction of sp³-hybridized carbons (Fsp3) is 0.714. The molecule has 1 atom stereocenters. The van der Waals surface area contributed by atoms with Crippen LogP contribution in [-0.4, -0.2) is 36.6 Å². The molecule has 0 bridgehead atoms. The highest BCUT2D eigenvalue weighted by Gasteiger charge is 2.06. The lowest BCUT2D eigenvalue weighted by Gasteiger charge is -2.20. The first-order valence-electron chi connectivity index (χ1n) is 7.00. The van der Waals surface area contributed by atoms with E-state index in [1.54, 1.807) is 6.33 Å². The molecule has 0 fully saturated rings. The Morgan fingerprint density at radius 2 is 2.05 bits per heavy atom.